The highest BCUT2D eigenvalue weighted by molar-refractivity contribution is 5.91. The van der Waals surface area contributed by atoms with Crippen LogP contribution in [0.5, 0.6) is 0 Å². The Bertz CT molecular complexity index is 590. The van der Waals surface area contributed by atoms with Crippen LogP contribution in [0.4, 0.5) is 0 Å². The first kappa shape index (κ1) is 16.4. The third kappa shape index (κ3) is 8.16. The third-order valence-corrected chi connectivity index (χ3v) is 2.55. The summed E-state index contributed by atoms with van der Waals surface area (Å²) in [6.45, 7) is 1.54. The van der Waals surface area contributed by atoms with Crippen LogP contribution in [0.15, 0.2) is 72.4 Å². The van der Waals surface area contributed by atoms with Crippen molar-refractivity contribution in [2.75, 3.05) is 0 Å². The van der Waals surface area contributed by atoms with Crippen LogP contribution in [-0.2, 0) is 9.59 Å². The zero-order chi connectivity index (χ0) is 15.5. The molecule has 1 N–H and O–H groups in total. The van der Waals surface area contributed by atoms with E-state index >= 15 is 0 Å². The Balaban J connectivity index is 0.000000211. The van der Waals surface area contributed by atoms with Crippen LogP contribution in [0.2, 0.25) is 0 Å². The van der Waals surface area contributed by atoms with Gasteiger partial charge in [-0.3, -0.25) is 4.79 Å². The molecule has 0 bridgehead atoms. The first-order chi connectivity index (χ1) is 10.1. The fourth-order valence-electron chi connectivity index (χ4n) is 1.54. The van der Waals surface area contributed by atoms with Crippen LogP contribution < -0.4 is 0 Å². The minimum atomic E-state index is -0.896. The van der Waals surface area contributed by atoms with Crippen molar-refractivity contribution in [1.29, 1.82) is 0 Å². The smallest absolute Gasteiger partial charge is 0.328 e. The van der Waals surface area contributed by atoms with Gasteiger partial charge in [-0.25, -0.2) is 4.79 Å². The van der Waals surface area contributed by atoms with Gasteiger partial charge in [0.25, 0.3) is 0 Å². The highest BCUT2D eigenvalue weighted by Crippen LogP contribution is 2.10. The monoisotopic (exact) mass is 282 g/mol. The molecule has 0 fully saturated rings. The fraction of sp³-hybridized carbons (Fsp3) is 0.111. The normalized spacial score (nSPS) is 13.1. The molecule has 0 aliphatic heterocycles. The summed E-state index contributed by atoms with van der Waals surface area (Å²) in [5.74, 6) is -0.818. The zero-order valence-electron chi connectivity index (χ0n) is 11.9. The summed E-state index contributed by atoms with van der Waals surface area (Å²) in [6, 6.07) is 9.75. The first-order valence-corrected chi connectivity index (χ1v) is 6.58. The summed E-state index contributed by atoms with van der Waals surface area (Å²) < 4.78 is 0. The van der Waals surface area contributed by atoms with E-state index in [9.17, 15) is 9.59 Å². The molecule has 0 amide bonds. The molecule has 0 aromatic heterocycles. The Kier molecular flexibility index (Phi) is 7.22. The van der Waals surface area contributed by atoms with Crippen molar-refractivity contribution in [3.63, 3.8) is 0 Å². The van der Waals surface area contributed by atoms with Crippen molar-refractivity contribution in [1.82, 2.24) is 0 Å². The summed E-state index contributed by atoms with van der Waals surface area (Å²) in [6.07, 6.45) is 12.8. The van der Waals surface area contributed by atoms with E-state index in [1.807, 2.05) is 54.6 Å². The van der Waals surface area contributed by atoms with Crippen LogP contribution in [0.3, 0.4) is 0 Å². The molecular weight excluding hydrogens is 264 g/mol. The lowest BCUT2D eigenvalue weighted by atomic mass is 10.2. The number of hydrogen-bond donors (Lipinski definition) is 1. The highest BCUT2D eigenvalue weighted by atomic mass is 16.4. The molecular formula is C18H18O3. The van der Waals surface area contributed by atoms with Gasteiger partial charge in [0.1, 0.15) is 0 Å². The lowest BCUT2D eigenvalue weighted by Crippen LogP contribution is -1.85. The second kappa shape index (κ2) is 9.26. The van der Waals surface area contributed by atoms with E-state index in [2.05, 4.69) is 0 Å². The van der Waals surface area contributed by atoms with Gasteiger partial charge in [0.15, 0.2) is 5.78 Å². The van der Waals surface area contributed by atoms with Crippen molar-refractivity contribution >= 4 is 17.8 Å². The molecule has 0 atom stereocenters. The number of carbonyl (C=O) groups excluding carboxylic acids is 1. The predicted molar refractivity (Wildman–Crippen MR) is 84.8 cm³/mol. The van der Waals surface area contributed by atoms with Gasteiger partial charge < -0.3 is 5.11 Å². The zero-order valence-corrected chi connectivity index (χ0v) is 11.9. The Morgan fingerprint density at radius 1 is 1.10 bits per heavy atom. The van der Waals surface area contributed by atoms with E-state index in [0.29, 0.717) is 0 Å². The van der Waals surface area contributed by atoms with E-state index in [0.717, 1.165) is 23.6 Å². The molecule has 0 unspecified atom stereocenters. The van der Waals surface area contributed by atoms with Crippen LogP contribution in [0.1, 0.15) is 18.9 Å². The number of carboxylic acid groups (broad SMARTS) is 1. The van der Waals surface area contributed by atoms with Crippen molar-refractivity contribution < 1.29 is 14.7 Å². The molecule has 21 heavy (non-hydrogen) atoms. The van der Waals surface area contributed by atoms with Crippen molar-refractivity contribution in [2.24, 2.45) is 0 Å². The number of aliphatic carboxylic acids is 1. The number of benzene rings is 1. The van der Waals surface area contributed by atoms with Gasteiger partial charge in [-0.1, -0.05) is 60.7 Å². The topological polar surface area (TPSA) is 54.4 Å². The Hall–Kier alpha value is -2.68. The van der Waals surface area contributed by atoms with E-state index in [1.54, 1.807) is 19.1 Å². The maximum absolute atomic E-state index is 10.5. The average molecular weight is 282 g/mol. The molecule has 1 aromatic rings. The van der Waals surface area contributed by atoms with Crippen molar-refractivity contribution in [3.05, 3.63) is 77.9 Å². The number of hydrogen-bond acceptors (Lipinski definition) is 2. The molecule has 1 aliphatic carbocycles. The maximum atomic E-state index is 10.5. The molecule has 0 heterocycles. The molecule has 0 saturated heterocycles. The summed E-state index contributed by atoms with van der Waals surface area (Å²) in [7, 11) is 0. The maximum Gasteiger partial charge on any atom is 0.328 e. The van der Waals surface area contributed by atoms with Crippen LogP contribution in [0, 0.1) is 0 Å². The highest BCUT2D eigenvalue weighted by Gasteiger charge is 1.94. The van der Waals surface area contributed by atoms with Gasteiger partial charge in [0, 0.05) is 6.08 Å². The lowest BCUT2D eigenvalue weighted by molar-refractivity contribution is -0.131. The van der Waals surface area contributed by atoms with Crippen molar-refractivity contribution in [2.45, 2.75) is 13.3 Å². The minimum absolute atomic E-state index is 0.0776. The number of carbonyl (C=O) groups is 2. The molecule has 1 aliphatic rings. The third-order valence-electron chi connectivity index (χ3n) is 2.55. The molecule has 0 spiro atoms. The van der Waals surface area contributed by atoms with Crippen molar-refractivity contribution in [3.8, 4) is 0 Å². The molecule has 3 nitrogen and oxygen atoms in total. The minimum Gasteiger partial charge on any atom is -0.478 e. The molecule has 1 aromatic carbocycles. The predicted octanol–water partition coefficient (Wildman–Crippen LogP) is 3.80. The van der Waals surface area contributed by atoms with Gasteiger partial charge in [-0.2, -0.15) is 0 Å². The molecule has 3 heteroatoms. The summed E-state index contributed by atoms with van der Waals surface area (Å²) in [4.78, 5) is 20.6. The van der Waals surface area contributed by atoms with Gasteiger partial charge in [0.05, 0.1) is 0 Å². The molecule has 2 rings (SSSR count). The van der Waals surface area contributed by atoms with E-state index < -0.39 is 5.97 Å². The number of ketones is 1. The number of allylic oxidation sites excluding steroid dienone is 6. The lowest BCUT2D eigenvalue weighted by Gasteiger charge is -1.88. The second-order valence-electron chi connectivity index (χ2n) is 4.40. The largest absolute Gasteiger partial charge is 0.478 e. The second-order valence-corrected chi connectivity index (χ2v) is 4.40. The Morgan fingerprint density at radius 3 is 2.33 bits per heavy atom. The quantitative estimate of drug-likeness (QED) is 0.854. The first-order valence-electron chi connectivity index (χ1n) is 6.58. The van der Waals surface area contributed by atoms with Gasteiger partial charge >= 0.3 is 5.97 Å². The Morgan fingerprint density at radius 2 is 1.81 bits per heavy atom. The van der Waals surface area contributed by atoms with Gasteiger partial charge in [-0.15, -0.1) is 0 Å². The average Bonchev–Trinajstić information content (AvgIpc) is 2.98. The summed E-state index contributed by atoms with van der Waals surface area (Å²) >= 11 is 0. The summed E-state index contributed by atoms with van der Waals surface area (Å²) in [5.41, 5.74) is 2.10. The van der Waals surface area contributed by atoms with Crippen LogP contribution >= 0.6 is 0 Å². The molecule has 108 valence electrons. The molecule has 0 saturated carbocycles. The van der Waals surface area contributed by atoms with Gasteiger partial charge in [-0.05, 0) is 30.6 Å². The van der Waals surface area contributed by atoms with Crippen LogP contribution in [-0.4, -0.2) is 16.9 Å². The standard InChI is InChI=1S/C10H10O.C8H8O2/c1-9(11)7-8-10-5-3-2-4-6-10;9-8(10)6-5-7-3-1-2-4-7/h2-8H,1H3;1-3,5-6H,4H2,(H,9,10)/b8-7+;6-5+. The van der Waals surface area contributed by atoms with E-state index in [4.69, 9.17) is 5.11 Å². The van der Waals surface area contributed by atoms with Crippen LogP contribution in [0.25, 0.3) is 6.08 Å². The van der Waals surface area contributed by atoms with E-state index in [1.165, 1.54) is 0 Å². The molecule has 0 radical (unpaired) electrons. The van der Waals surface area contributed by atoms with Gasteiger partial charge in [0.2, 0.25) is 0 Å². The summed E-state index contributed by atoms with van der Waals surface area (Å²) in [5, 5.41) is 8.24. The van der Waals surface area contributed by atoms with E-state index in [-0.39, 0.29) is 5.78 Å². The SMILES string of the molecule is CC(=O)/C=C/c1ccccc1.O=C(O)/C=C/C1=CC=CC1. The number of carboxylic acids is 1. The number of rotatable bonds is 4. The Labute approximate surface area is 124 Å². The fourth-order valence-corrected chi connectivity index (χ4v) is 1.54.